The molecule has 0 unspecified atom stereocenters. The van der Waals surface area contributed by atoms with E-state index in [0.29, 0.717) is 6.42 Å². The zero-order chi connectivity index (χ0) is 13.7. The molecule has 0 bridgehead atoms. The van der Waals surface area contributed by atoms with Crippen molar-refractivity contribution in [3.63, 3.8) is 0 Å². The van der Waals surface area contributed by atoms with Crippen molar-refractivity contribution in [2.45, 2.75) is 19.9 Å². The molecule has 19 heavy (non-hydrogen) atoms. The number of rotatable bonds is 5. The van der Waals surface area contributed by atoms with E-state index in [0.717, 1.165) is 29.9 Å². The number of aromatic nitrogens is 2. The smallest absolute Gasteiger partial charge is 0.0760 e. The van der Waals surface area contributed by atoms with Gasteiger partial charge in [0.2, 0.25) is 0 Å². The maximum atomic E-state index is 9.06. The molecule has 2 aromatic rings. The first-order valence-electron chi connectivity index (χ1n) is 6.39. The van der Waals surface area contributed by atoms with E-state index in [-0.39, 0.29) is 0 Å². The van der Waals surface area contributed by atoms with Gasteiger partial charge in [-0.15, -0.1) is 0 Å². The summed E-state index contributed by atoms with van der Waals surface area (Å²) in [6.07, 6.45) is 3.99. The molecule has 4 nitrogen and oxygen atoms in total. The summed E-state index contributed by atoms with van der Waals surface area (Å²) in [5.41, 5.74) is 4.53. The third kappa shape index (κ3) is 2.83. The Labute approximate surface area is 113 Å². The van der Waals surface area contributed by atoms with Crippen LogP contribution < -0.4 is 5.32 Å². The standard InChI is InChI=1S/C15H18N4/c1-12-11-14(13-4-7-18-8-5-13)15(3-6-16)19(12)10-9-17-2/h4-5,7-8,11,17H,3,9-10H2,1-2H3. The summed E-state index contributed by atoms with van der Waals surface area (Å²) >= 11 is 0. The molecule has 0 fully saturated rings. The predicted molar refractivity (Wildman–Crippen MR) is 75.6 cm³/mol. The number of hydrogen-bond acceptors (Lipinski definition) is 3. The minimum absolute atomic E-state index is 0.426. The Morgan fingerprint density at radius 3 is 2.74 bits per heavy atom. The molecule has 4 heteroatoms. The van der Waals surface area contributed by atoms with Crippen LogP contribution in [0.15, 0.2) is 30.6 Å². The third-order valence-corrected chi connectivity index (χ3v) is 3.24. The third-order valence-electron chi connectivity index (χ3n) is 3.24. The van der Waals surface area contributed by atoms with Crippen molar-refractivity contribution in [3.05, 3.63) is 42.0 Å². The average molecular weight is 254 g/mol. The van der Waals surface area contributed by atoms with Crippen molar-refractivity contribution in [1.29, 1.82) is 5.26 Å². The van der Waals surface area contributed by atoms with E-state index in [1.807, 2.05) is 19.2 Å². The monoisotopic (exact) mass is 254 g/mol. The highest BCUT2D eigenvalue weighted by Gasteiger charge is 2.13. The van der Waals surface area contributed by atoms with Gasteiger partial charge in [0.25, 0.3) is 0 Å². The van der Waals surface area contributed by atoms with E-state index in [4.69, 9.17) is 5.26 Å². The summed E-state index contributed by atoms with van der Waals surface area (Å²) in [5.74, 6) is 0. The molecule has 0 radical (unpaired) electrons. The minimum Gasteiger partial charge on any atom is -0.346 e. The highest BCUT2D eigenvalue weighted by atomic mass is 15.0. The van der Waals surface area contributed by atoms with Gasteiger partial charge in [-0.2, -0.15) is 5.26 Å². The van der Waals surface area contributed by atoms with Crippen molar-refractivity contribution < 1.29 is 0 Å². The van der Waals surface area contributed by atoms with Crippen LogP contribution >= 0.6 is 0 Å². The second-order valence-corrected chi connectivity index (χ2v) is 4.47. The quantitative estimate of drug-likeness (QED) is 0.889. The summed E-state index contributed by atoms with van der Waals surface area (Å²) in [4.78, 5) is 4.04. The Morgan fingerprint density at radius 1 is 1.37 bits per heavy atom. The van der Waals surface area contributed by atoms with Gasteiger partial charge in [0, 0.05) is 42.4 Å². The van der Waals surface area contributed by atoms with E-state index in [2.05, 4.69) is 33.9 Å². The summed E-state index contributed by atoms with van der Waals surface area (Å²) in [6, 6.07) is 8.39. The molecule has 0 aliphatic rings. The molecule has 0 aliphatic carbocycles. The van der Waals surface area contributed by atoms with Gasteiger partial charge in [-0.3, -0.25) is 4.98 Å². The molecule has 0 saturated heterocycles. The molecule has 0 aliphatic heterocycles. The largest absolute Gasteiger partial charge is 0.346 e. The predicted octanol–water partition coefficient (Wildman–Crippen LogP) is 2.14. The first-order chi connectivity index (χ1) is 9.27. The van der Waals surface area contributed by atoms with Gasteiger partial charge in [0.15, 0.2) is 0 Å². The van der Waals surface area contributed by atoms with Crippen LogP contribution in [0, 0.1) is 18.3 Å². The van der Waals surface area contributed by atoms with Gasteiger partial charge in [-0.1, -0.05) is 0 Å². The molecule has 0 saturated carbocycles. The first-order valence-corrected chi connectivity index (χ1v) is 6.39. The van der Waals surface area contributed by atoms with Crippen LogP contribution in [0.2, 0.25) is 0 Å². The maximum Gasteiger partial charge on any atom is 0.0760 e. The lowest BCUT2D eigenvalue weighted by Crippen LogP contribution is -2.17. The molecule has 0 aromatic carbocycles. The Hall–Kier alpha value is -2.12. The van der Waals surface area contributed by atoms with Crippen molar-refractivity contribution in [1.82, 2.24) is 14.9 Å². The number of nitriles is 1. The highest BCUT2D eigenvalue weighted by Crippen LogP contribution is 2.27. The number of nitrogens with one attached hydrogen (secondary N) is 1. The van der Waals surface area contributed by atoms with Crippen LogP contribution in [0.3, 0.4) is 0 Å². The maximum absolute atomic E-state index is 9.06. The Kier molecular flexibility index (Phi) is 4.32. The normalized spacial score (nSPS) is 10.4. The number of nitrogens with zero attached hydrogens (tertiary/aromatic N) is 3. The lowest BCUT2D eigenvalue weighted by atomic mass is 10.1. The fourth-order valence-corrected chi connectivity index (χ4v) is 2.31. The van der Waals surface area contributed by atoms with E-state index >= 15 is 0 Å². The molecule has 2 heterocycles. The van der Waals surface area contributed by atoms with Gasteiger partial charge in [-0.25, -0.2) is 0 Å². The number of hydrogen-bond donors (Lipinski definition) is 1. The lowest BCUT2D eigenvalue weighted by Gasteiger charge is -2.10. The highest BCUT2D eigenvalue weighted by molar-refractivity contribution is 5.67. The fraction of sp³-hybridized carbons (Fsp3) is 0.333. The van der Waals surface area contributed by atoms with Crippen LogP contribution in [-0.4, -0.2) is 23.1 Å². The van der Waals surface area contributed by atoms with Crippen LogP contribution in [0.1, 0.15) is 11.4 Å². The Morgan fingerprint density at radius 2 is 2.11 bits per heavy atom. The van der Waals surface area contributed by atoms with Crippen molar-refractivity contribution in [2.24, 2.45) is 0 Å². The fourth-order valence-electron chi connectivity index (χ4n) is 2.31. The number of aryl methyl sites for hydroxylation is 1. The van der Waals surface area contributed by atoms with E-state index in [9.17, 15) is 0 Å². The van der Waals surface area contributed by atoms with Crippen molar-refractivity contribution >= 4 is 0 Å². The number of pyridine rings is 1. The molecule has 0 spiro atoms. The molecular formula is C15H18N4. The van der Waals surface area contributed by atoms with Gasteiger partial charge >= 0.3 is 0 Å². The second-order valence-electron chi connectivity index (χ2n) is 4.47. The van der Waals surface area contributed by atoms with Crippen molar-refractivity contribution in [2.75, 3.05) is 13.6 Å². The molecule has 2 aromatic heterocycles. The zero-order valence-electron chi connectivity index (χ0n) is 11.3. The Bertz CT molecular complexity index is 578. The zero-order valence-corrected chi connectivity index (χ0v) is 11.3. The molecule has 0 atom stereocenters. The van der Waals surface area contributed by atoms with E-state index in [1.54, 1.807) is 12.4 Å². The molecule has 0 amide bonds. The second kappa shape index (κ2) is 6.17. The summed E-state index contributed by atoms with van der Waals surface area (Å²) in [6.45, 7) is 3.86. The van der Waals surface area contributed by atoms with Crippen LogP contribution in [-0.2, 0) is 13.0 Å². The summed E-state index contributed by atoms with van der Waals surface area (Å²) in [5, 5.41) is 12.2. The van der Waals surface area contributed by atoms with Crippen LogP contribution in [0.5, 0.6) is 0 Å². The summed E-state index contributed by atoms with van der Waals surface area (Å²) in [7, 11) is 1.94. The SMILES string of the molecule is CNCCn1c(C)cc(-c2ccncc2)c1CC#N. The molecule has 98 valence electrons. The average Bonchev–Trinajstić information content (AvgIpc) is 2.75. The van der Waals surface area contributed by atoms with Gasteiger partial charge in [0.05, 0.1) is 12.5 Å². The Balaban J connectivity index is 2.47. The van der Waals surface area contributed by atoms with E-state index in [1.165, 1.54) is 5.69 Å². The van der Waals surface area contributed by atoms with Crippen LogP contribution in [0.4, 0.5) is 0 Å². The van der Waals surface area contributed by atoms with Gasteiger partial charge in [0.1, 0.15) is 0 Å². The van der Waals surface area contributed by atoms with Crippen molar-refractivity contribution in [3.8, 4) is 17.2 Å². The van der Waals surface area contributed by atoms with Gasteiger partial charge in [-0.05, 0) is 37.7 Å². The molecular weight excluding hydrogens is 236 g/mol. The first kappa shape index (κ1) is 13.3. The summed E-state index contributed by atoms with van der Waals surface area (Å²) < 4.78 is 2.22. The number of likely N-dealkylation sites (N-methyl/N-ethyl adjacent to an activating group) is 1. The molecule has 2 rings (SSSR count). The lowest BCUT2D eigenvalue weighted by molar-refractivity contribution is 0.618. The van der Waals surface area contributed by atoms with Gasteiger partial charge < -0.3 is 9.88 Å². The van der Waals surface area contributed by atoms with Crippen LogP contribution in [0.25, 0.3) is 11.1 Å². The topological polar surface area (TPSA) is 53.6 Å². The van der Waals surface area contributed by atoms with E-state index < -0.39 is 0 Å². The molecule has 1 N–H and O–H groups in total. The minimum atomic E-state index is 0.426.